The van der Waals surface area contributed by atoms with Crippen molar-refractivity contribution in [1.82, 2.24) is 10.2 Å². The number of nitrogens with zero attached hydrogens (tertiary/aromatic N) is 1. The van der Waals surface area contributed by atoms with E-state index in [1.165, 1.54) is 0 Å². The first-order valence-corrected chi connectivity index (χ1v) is 3.64. The van der Waals surface area contributed by atoms with Gasteiger partial charge in [0.1, 0.15) is 0 Å². The predicted octanol–water partition coefficient (Wildman–Crippen LogP) is -0.316. The minimum atomic E-state index is 0.185. The molecule has 1 heterocycles. The molecule has 1 aliphatic heterocycles. The number of hydrogen-bond donors (Lipinski definition) is 1. The molecule has 3 heteroatoms. The molecule has 3 nitrogen and oxygen atoms in total. The Labute approximate surface area is 61.4 Å². The number of rotatable bonds is 1. The summed E-state index contributed by atoms with van der Waals surface area (Å²) < 4.78 is 0. The summed E-state index contributed by atoms with van der Waals surface area (Å²) in [4.78, 5) is 13.2. The van der Waals surface area contributed by atoms with Crippen molar-refractivity contribution < 1.29 is 4.79 Å². The van der Waals surface area contributed by atoms with E-state index < -0.39 is 0 Å². The van der Waals surface area contributed by atoms with E-state index in [9.17, 15) is 4.79 Å². The first kappa shape index (κ1) is 7.54. The average Bonchev–Trinajstić information content (AvgIpc) is 2.34. The lowest BCUT2D eigenvalue weighted by atomic mass is 10.1. The molecule has 1 N–H and O–H groups in total. The Bertz CT molecular complexity index is 136. The number of carbonyl (C=O) groups excluding carboxylic acids is 1. The van der Waals surface area contributed by atoms with Crippen molar-refractivity contribution >= 4 is 5.91 Å². The van der Waals surface area contributed by atoms with Crippen molar-refractivity contribution in [2.24, 2.45) is 5.92 Å². The van der Waals surface area contributed by atoms with Gasteiger partial charge in [-0.15, -0.1) is 0 Å². The molecule has 0 saturated carbocycles. The summed E-state index contributed by atoms with van der Waals surface area (Å²) in [5, 5.41) is 2.66. The first-order valence-electron chi connectivity index (χ1n) is 3.64. The van der Waals surface area contributed by atoms with E-state index in [-0.39, 0.29) is 11.8 Å². The van der Waals surface area contributed by atoms with Gasteiger partial charge in [-0.25, -0.2) is 0 Å². The van der Waals surface area contributed by atoms with Gasteiger partial charge in [0.2, 0.25) is 5.91 Å². The van der Waals surface area contributed by atoms with Crippen LogP contribution in [0.5, 0.6) is 0 Å². The van der Waals surface area contributed by atoms with Gasteiger partial charge in [-0.2, -0.15) is 0 Å². The zero-order chi connectivity index (χ0) is 7.56. The molecule has 0 unspecified atom stereocenters. The zero-order valence-corrected chi connectivity index (χ0v) is 6.55. The van der Waals surface area contributed by atoms with Crippen LogP contribution >= 0.6 is 0 Å². The molecule has 0 aliphatic carbocycles. The third kappa shape index (κ3) is 1.48. The standard InChI is InChI=1S/C7H14N2O/c1-8-7(10)6-3-4-9(2)5-6/h6H,3-5H2,1-2H3,(H,8,10)/t6-/m1/s1. The van der Waals surface area contributed by atoms with Crippen molar-refractivity contribution in [2.45, 2.75) is 6.42 Å². The third-order valence-electron chi connectivity index (χ3n) is 2.01. The highest BCUT2D eigenvalue weighted by molar-refractivity contribution is 5.78. The van der Waals surface area contributed by atoms with Crippen molar-refractivity contribution in [1.29, 1.82) is 0 Å². The molecule has 1 fully saturated rings. The Kier molecular flexibility index (Phi) is 2.27. The maximum absolute atomic E-state index is 11.0. The Hall–Kier alpha value is -0.570. The highest BCUT2D eigenvalue weighted by atomic mass is 16.1. The maximum Gasteiger partial charge on any atom is 0.224 e. The van der Waals surface area contributed by atoms with Crippen LogP contribution in [-0.4, -0.2) is 38.0 Å². The van der Waals surface area contributed by atoms with Gasteiger partial charge in [0.15, 0.2) is 0 Å². The lowest BCUT2D eigenvalue weighted by Crippen LogP contribution is -2.29. The van der Waals surface area contributed by atoms with E-state index in [0.29, 0.717) is 0 Å². The minimum absolute atomic E-state index is 0.185. The highest BCUT2D eigenvalue weighted by Gasteiger charge is 2.24. The smallest absolute Gasteiger partial charge is 0.224 e. The predicted molar refractivity (Wildman–Crippen MR) is 39.7 cm³/mol. The van der Waals surface area contributed by atoms with Gasteiger partial charge in [-0.1, -0.05) is 0 Å². The SMILES string of the molecule is CNC(=O)[C@@H]1CCN(C)C1. The molecule has 0 aromatic heterocycles. The molecule has 0 aromatic carbocycles. The van der Waals surface area contributed by atoms with Crippen LogP contribution in [0.2, 0.25) is 0 Å². The molecule has 1 amide bonds. The van der Waals surface area contributed by atoms with Crippen LogP contribution in [0.3, 0.4) is 0 Å². The van der Waals surface area contributed by atoms with Crippen molar-refractivity contribution in [3.05, 3.63) is 0 Å². The summed E-state index contributed by atoms with van der Waals surface area (Å²) in [6, 6.07) is 0. The summed E-state index contributed by atoms with van der Waals surface area (Å²) in [6.45, 7) is 1.97. The van der Waals surface area contributed by atoms with Crippen LogP contribution in [0.15, 0.2) is 0 Å². The summed E-state index contributed by atoms with van der Waals surface area (Å²) in [5.41, 5.74) is 0. The van der Waals surface area contributed by atoms with E-state index in [2.05, 4.69) is 10.2 Å². The van der Waals surface area contributed by atoms with Crippen LogP contribution in [0.4, 0.5) is 0 Å². The van der Waals surface area contributed by atoms with E-state index in [1.807, 2.05) is 7.05 Å². The molecule has 58 valence electrons. The lowest BCUT2D eigenvalue weighted by Gasteiger charge is -2.07. The fraction of sp³-hybridized carbons (Fsp3) is 0.857. The molecule has 0 spiro atoms. The van der Waals surface area contributed by atoms with E-state index in [4.69, 9.17) is 0 Å². The summed E-state index contributed by atoms with van der Waals surface area (Å²) in [6.07, 6.45) is 1.01. The van der Waals surface area contributed by atoms with Crippen LogP contribution < -0.4 is 5.32 Å². The minimum Gasteiger partial charge on any atom is -0.359 e. The highest BCUT2D eigenvalue weighted by Crippen LogP contribution is 2.13. The molecule has 1 rings (SSSR count). The van der Waals surface area contributed by atoms with E-state index in [0.717, 1.165) is 19.5 Å². The largest absolute Gasteiger partial charge is 0.359 e. The number of likely N-dealkylation sites (tertiary alicyclic amines) is 1. The number of hydrogen-bond acceptors (Lipinski definition) is 2. The Balaban J connectivity index is 2.37. The van der Waals surface area contributed by atoms with Crippen LogP contribution in [0.25, 0.3) is 0 Å². The zero-order valence-electron chi connectivity index (χ0n) is 6.55. The average molecular weight is 142 g/mol. The second-order valence-corrected chi connectivity index (χ2v) is 2.86. The molecular formula is C7H14N2O. The topological polar surface area (TPSA) is 32.3 Å². The van der Waals surface area contributed by atoms with Gasteiger partial charge in [0, 0.05) is 13.6 Å². The van der Waals surface area contributed by atoms with Crippen LogP contribution in [-0.2, 0) is 4.79 Å². The normalized spacial score (nSPS) is 26.8. The molecule has 1 aliphatic rings. The second-order valence-electron chi connectivity index (χ2n) is 2.86. The van der Waals surface area contributed by atoms with E-state index in [1.54, 1.807) is 7.05 Å². The molecular weight excluding hydrogens is 128 g/mol. The Morgan fingerprint density at radius 3 is 2.80 bits per heavy atom. The van der Waals surface area contributed by atoms with Crippen LogP contribution in [0.1, 0.15) is 6.42 Å². The van der Waals surface area contributed by atoms with Gasteiger partial charge < -0.3 is 10.2 Å². The van der Waals surface area contributed by atoms with Crippen molar-refractivity contribution in [3.8, 4) is 0 Å². The number of carbonyl (C=O) groups is 1. The molecule has 1 saturated heterocycles. The molecule has 1 atom stereocenters. The molecule has 0 aromatic rings. The number of nitrogens with one attached hydrogen (secondary N) is 1. The maximum atomic E-state index is 11.0. The third-order valence-corrected chi connectivity index (χ3v) is 2.01. The molecule has 0 radical (unpaired) electrons. The Morgan fingerprint density at radius 1 is 1.70 bits per heavy atom. The fourth-order valence-electron chi connectivity index (χ4n) is 1.35. The Morgan fingerprint density at radius 2 is 2.40 bits per heavy atom. The van der Waals surface area contributed by atoms with Gasteiger partial charge in [-0.05, 0) is 20.0 Å². The lowest BCUT2D eigenvalue weighted by molar-refractivity contribution is -0.124. The molecule has 0 bridgehead atoms. The fourth-order valence-corrected chi connectivity index (χ4v) is 1.35. The van der Waals surface area contributed by atoms with Crippen molar-refractivity contribution in [2.75, 3.05) is 27.2 Å². The van der Waals surface area contributed by atoms with E-state index >= 15 is 0 Å². The van der Waals surface area contributed by atoms with Crippen molar-refractivity contribution in [3.63, 3.8) is 0 Å². The summed E-state index contributed by atoms with van der Waals surface area (Å²) in [5.74, 6) is 0.416. The number of amides is 1. The van der Waals surface area contributed by atoms with Gasteiger partial charge >= 0.3 is 0 Å². The summed E-state index contributed by atoms with van der Waals surface area (Å²) in [7, 11) is 3.74. The van der Waals surface area contributed by atoms with Gasteiger partial charge in [-0.3, -0.25) is 4.79 Å². The van der Waals surface area contributed by atoms with Crippen LogP contribution in [0, 0.1) is 5.92 Å². The monoisotopic (exact) mass is 142 g/mol. The summed E-state index contributed by atoms with van der Waals surface area (Å²) >= 11 is 0. The first-order chi connectivity index (χ1) is 4.74. The second kappa shape index (κ2) is 3.01. The van der Waals surface area contributed by atoms with Gasteiger partial charge in [0.25, 0.3) is 0 Å². The van der Waals surface area contributed by atoms with Gasteiger partial charge in [0.05, 0.1) is 5.92 Å². The quantitative estimate of drug-likeness (QED) is 0.544. The molecule has 10 heavy (non-hydrogen) atoms.